The number of pyridine rings is 1. The Hall–Kier alpha value is -2.05. The maximum atomic E-state index is 8.68. The van der Waals surface area contributed by atoms with Gasteiger partial charge in [-0.25, -0.2) is 0 Å². The molecular formula is C13H10ClN3. The zero-order chi connectivity index (χ0) is 12.1. The minimum atomic E-state index is 0.598. The van der Waals surface area contributed by atoms with Crippen molar-refractivity contribution in [2.24, 2.45) is 0 Å². The Balaban J connectivity index is 2.03. The number of nitriles is 1. The van der Waals surface area contributed by atoms with Crippen LogP contribution in [0.5, 0.6) is 0 Å². The molecular weight excluding hydrogens is 234 g/mol. The Morgan fingerprint density at radius 1 is 1.24 bits per heavy atom. The highest BCUT2D eigenvalue weighted by molar-refractivity contribution is 6.33. The van der Waals surface area contributed by atoms with Gasteiger partial charge < -0.3 is 5.32 Å². The molecule has 1 N–H and O–H groups in total. The molecule has 0 spiro atoms. The number of benzene rings is 1. The lowest BCUT2D eigenvalue weighted by molar-refractivity contribution is 1.14. The van der Waals surface area contributed by atoms with E-state index >= 15 is 0 Å². The Morgan fingerprint density at radius 2 is 2.00 bits per heavy atom. The predicted octanol–water partition coefficient (Wildman–Crippen LogP) is 3.22. The third-order valence-corrected chi connectivity index (χ3v) is 2.64. The third kappa shape index (κ3) is 2.96. The van der Waals surface area contributed by atoms with Crippen LogP contribution in [-0.2, 0) is 6.54 Å². The smallest absolute Gasteiger partial charge is 0.0991 e. The summed E-state index contributed by atoms with van der Waals surface area (Å²) in [5.74, 6) is 0. The Labute approximate surface area is 105 Å². The van der Waals surface area contributed by atoms with Gasteiger partial charge in [-0.3, -0.25) is 4.98 Å². The topological polar surface area (TPSA) is 48.7 Å². The van der Waals surface area contributed by atoms with Crippen LogP contribution in [-0.4, -0.2) is 4.98 Å². The van der Waals surface area contributed by atoms with Crippen molar-refractivity contribution in [2.75, 3.05) is 5.32 Å². The zero-order valence-corrected chi connectivity index (χ0v) is 9.78. The highest BCUT2D eigenvalue weighted by atomic mass is 35.5. The summed E-state index contributed by atoms with van der Waals surface area (Å²) in [5, 5.41) is 12.5. The monoisotopic (exact) mass is 243 g/mol. The summed E-state index contributed by atoms with van der Waals surface area (Å²) in [4.78, 5) is 3.91. The molecule has 0 unspecified atom stereocenters. The van der Waals surface area contributed by atoms with Crippen molar-refractivity contribution in [2.45, 2.75) is 6.54 Å². The molecule has 0 bridgehead atoms. The Morgan fingerprint density at radius 3 is 2.65 bits per heavy atom. The van der Waals surface area contributed by atoms with Crippen molar-refractivity contribution in [1.29, 1.82) is 5.26 Å². The van der Waals surface area contributed by atoms with E-state index in [9.17, 15) is 0 Å². The molecule has 1 aromatic heterocycles. The minimum Gasteiger partial charge on any atom is -0.380 e. The van der Waals surface area contributed by atoms with Crippen LogP contribution in [0.25, 0.3) is 0 Å². The second kappa shape index (κ2) is 5.33. The maximum Gasteiger partial charge on any atom is 0.0991 e. The van der Waals surface area contributed by atoms with Crippen molar-refractivity contribution < 1.29 is 0 Å². The molecule has 2 aromatic rings. The van der Waals surface area contributed by atoms with Crippen molar-refractivity contribution in [3.8, 4) is 6.07 Å². The first-order valence-corrected chi connectivity index (χ1v) is 5.50. The molecule has 0 aliphatic carbocycles. The first-order chi connectivity index (χ1) is 8.29. The number of hydrogen-bond acceptors (Lipinski definition) is 3. The van der Waals surface area contributed by atoms with E-state index in [0.29, 0.717) is 17.1 Å². The van der Waals surface area contributed by atoms with Crippen LogP contribution < -0.4 is 5.32 Å². The number of hydrogen-bond donors (Lipinski definition) is 1. The standard InChI is InChI=1S/C13H10ClN3/c14-12-9-16-6-5-13(12)17-8-11-3-1-10(7-15)2-4-11/h1-6,9H,8H2,(H,16,17). The third-order valence-electron chi connectivity index (χ3n) is 2.34. The SMILES string of the molecule is N#Cc1ccc(CNc2ccncc2Cl)cc1. The molecule has 0 aliphatic heterocycles. The van der Waals surface area contributed by atoms with Crippen molar-refractivity contribution >= 4 is 17.3 Å². The summed E-state index contributed by atoms with van der Waals surface area (Å²) in [7, 11) is 0. The molecule has 0 radical (unpaired) electrons. The second-order valence-electron chi connectivity index (χ2n) is 3.52. The van der Waals surface area contributed by atoms with Crippen molar-refractivity contribution in [1.82, 2.24) is 4.98 Å². The Kier molecular flexibility index (Phi) is 3.59. The van der Waals surface area contributed by atoms with Crippen molar-refractivity contribution in [3.05, 3.63) is 58.9 Å². The lowest BCUT2D eigenvalue weighted by Gasteiger charge is -2.07. The van der Waals surface area contributed by atoms with E-state index in [1.807, 2.05) is 18.2 Å². The van der Waals surface area contributed by atoms with E-state index in [1.54, 1.807) is 24.5 Å². The van der Waals surface area contributed by atoms with Gasteiger partial charge in [0, 0.05) is 18.9 Å². The molecule has 3 nitrogen and oxygen atoms in total. The molecule has 0 fully saturated rings. The number of nitrogens with zero attached hydrogens (tertiary/aromatic N) is 2. The number of rotatable bonds is 3. The molecule has 4 heteroatoms. The molecule has 0 saturated heterocycles. The normalized spacial score (nSPS) is 9.65. The van der Waals surface area contributed by atoms with E-state index in [1.165, 1.54) is 0 Å². The van der Waals surface area contributed by atoms with Crippen LogP contribution >= 0.6 is 11.6 Å². The lowest BCUT2D eigenvalue weighted by atomic mass is 10.1. The fraction of sp³-hybridized carbons (Fsp3) is 0.0769. The fourth-order valence-corrected chi connectivity index (χ4v) is 1.60. The van der Waals surface area contributed by atoms with Crippen LogP contribution in [0.15, 0.2) is 42.7 Å². The van der Waals surface area contributed by atoms with Gasteiger partial charge in [0.1, 0.15) is 0 Å². The number of halogens is 1. The maximum absolute atomic E-state index is 8.68. The van der Waals surface area contributed by atoms with Gasteiger partial charge in [0.2, 0.25) is 0 Å². The molecule has 1 aromatic carbocycles. The average Bonchev–Trinajstić information content (AvgIpc) is 2.38. The number of anilines is 1. The fourth-order valence-electron chi connectivity index (χ4n) is 1.41. The highest BCUT2D eigenvalue weighted by Gasteiger charge is 1.99. The van der Waals surface area contributed by atoms with Gasteiger partial charge in [-0.15, -0.1) is 0 Å². The van der Waals surface area contributed by atoms with E-state index < -0.39 is 0 Å². The largest absolute Gasteiger partial charge is 0.380 e. The molecule has 0 atom stereocenters. The van der Waals surface area contributed by atoms with Crippen LogP contribution in [0.4, 0.5) is 5.69 Å². The van der Waals surface area contributed by atoms with Crippen LogP contribution in [0.3, 0.4) is 0 Å². The molecule has 17 heavy (non-hydrogen) atoms. The van der Waals surface area contributed by atoms with Gasteiger partial charge in [-0.2, -0.15) is 5.26 Å². The molecule has 1 heterocycles. The van der Waals surface area contributed by atoms with E-state index in [4.69, 9.17) is 16.9 Å². The number of nitrogens with one attached hydrogen (secondary N) is 1. The summed E-state index contributed by atoms with van der Waals surface area (Å²) in [6.45, 7) is 0.662. The van der Waals surface area contributed by atoms with E-state index in [2.05, 4.69) is 16.4 Å². The van der Waals surface area contributed by atoms with Gasteiger partial charge >= 0.3 is 0 Å². The molecule has 84 valence electrons. The summed E-state index contributed by atoms with van der Waals surface area (Å²) < 4.78 is 0. The van der Waals surface area contributed by atoms with Crippen LogP contribution in [0.2, 0.25) is 5.02 Å². The van der Waals surface area contributed by atoms with Crippen LogP contribution in [0, 0.1) is 11.3 Å². The second-order valence-corrected chi connectivity index (χ2v) is 3.93. The summed E-state index contributed by atoms with van der Waals surface area (Å²) >= 11 is 5.97. The molecule has 0 aliphatic rings. The first-order valence-electron chi connectivity index (χ1n) is 5.12. The highest BCUT2D eigenvalue weighted by Crippen LogP contribution is 2.19. The summed E-state index contributed by atoms with van der Waals surface area (Å²) in [6, 6.07) is 11.3. The van der Waals surface area contributed by atoms with Crippen molar-refractivity contribution in [3.63, 3.8) is 0 Å². The van der Waals surface area contributed by atoms with Gasteiger partial charge in [0.25, 0.3) is 0 Å². The lowest BCUT2D eigenvalue weighted by Crippen LogP contribution is -1.99. The van der Waals surface area contributed by atoms with E-state index in [-0.39, 0.29) is 0 Å². The molecule has 0 saturated carbocycles. The number of aromatic nitrogens is 1. The molecule has 0 amide bonds. The minimum absolute atomic E-state index is 0.598. The summed E-state index contributed by atoms with van der Waals surface area (Å²) in [6.07, 6.45) is 3.29. The Bertz CT molecular complexity index is 543. The first kappa shape index (κ1) is 11.4. The van der Waals surface area contributed by atoms with Gasteiger partial charge in [-0.05, 0) is 23.8 Å². The molecule has 2 rings (SSSR count). The average molecular weight is 244 g/mol. The quantitative estimate of drug-likeness (QED) is 0.901. The van der Waals surface area contributed by atoms with Crippen LogP contribution in [0.1, 0.15) is 11.1 Å². The van der Waals surface area contributed by atoms with Gasteiger partial charge in [-0.1, -0.05) is 23.7 Å². The predicted molar refractivity (Wildman–Crippen MR) is 67.7 cm³/mol. The zero-order valence-electron chi connectivity index (χ0n) is 9.02. The van der Waals surface area contributed by atoms with Gasteiger partial charge in [0.15, 0.2) is 0 Å². The van der Waals surface area contributed by atoms with Gasteiger partial charge in [0.05, 0.1) is 22.3 Å². The van der Waals surface area contributed by atoms with E-state index in [0.717, 1.165) is 11.3 Å². The summed E-state index contributed by atoms with van der Waals surface area (Å²) in [5.41, 5.74) is 2.61.